The molecule has 2 heterocycles. The molecule has 2 rings (SSSR count). The highest BCUT2D eigenvalue weighted by Gasteiger charge is 2.11. The maximum absolute atomic E-state index is 5.88. The third-order valence-corrected chi connectivity index (χ3v) is 3.22. The lowest BCUT2D eigenvalue weighted by atomic mass is 10.4. The summed E-state index contributed by atoms with van der Waals surface area (Å²) in [6, 6.07) is 0. The van der Waals surface area contributed by atoms with E-state index in [0.717, 1.165) is 26.1 Å². The van der Waals surface area contributed by atoms with Crippen LogP contribution in [0, 0.1) is 0 Å². The van der Waals surface area contributed by atoms with E-state index in [9.17, 15) is 0 Å². The Bertz CT molecular complexity index is 394. The average molecular weight is 285 g/mol. The molecule has 1 aliphatic heterocycles. The standard InChI is InChI=1S/C12H21ClN6/c1-2-5-14-11-16-10(13)17-12(18-11)15-6-9-19-7-3-4-8-19/h2-9H2,1H3,(H2,14,15,16,17,18). The van der Waals surface area contributed by atoms with E-state index < -0.39 is 0 Å². The zero-order chi connectivity index (χ0) is 13.5. The molecule has 0 radical (unpaired) electrons. The second-order valence-corrected chi connectivity index (χ2v) is 4.99. The van der Waals surface area contributed by atoms with Gasteiger partial charge in [-0.15, -0.1) is 0 Å². The summed E-state index contributed by atoms with van der Waals surface area (Å²) in [7, 11) is 0. The van der Waals surface area contributed by atoms with E-state index in [2.05, 4.69) is 37.4 Å². The van der Waals surface area contributed by atoms with Crippen molar-refractivity contribution in [1.82, 2.24) is 19.9 Å². The van der Waals surface area contributed by atoms with Crippen molar-refractivity contribution in [1.29, 1.82) is 0 Å². The van der Waals surface area contributed by atoms with Gasteiger partial charge in [-0.2, -0.15) is 15.0 Å². The molecule has 1 fully saturated rings. The normalized spacial score (nSPS) is 15.7. The lowest BCUT2D eigenvalue weighted by molar-refractivity contribution is 0.352. The van der Waals surface area contributed by atoms with Crippen LogP contribution in [0.4, 0.5) is 11.9 Å². The van der Waals surface area contributed by atoms with E-state index in [1.54, 1.807) is 0 Å². The molecule has 0 spiro atoms. The third kappa shape index (κ3) is 4.80. The minimum Gasteiger partial charge on any atom is -0.354 e. The number of anilines is 2. The van der Waals surface area contributed by atoms with Gasteiger partial charge in [0.05, 0.1) is 0 Å². The van der Waals surface area contributed by atoms with Crippen LogP contribution >= 0.6 is 11.6 Å². The summed E-state index contributed by atoms with van der Waals surface area (Å²) < 4.78 is 0. The fourth-order valence-corrected chi connectivity index (χ4v) is 2.24. The Labute approximate surface area is 119 Å². The first-order valence-corrected chi connectivity index (χ1v) is 7.27. The van der Waals surface area contributed by atoms with Crippen LogP contribution in [0.3, 0.4) is 0 Å². The van der Waals surface area contributed by atoms with Crippen LogP contribution in [-0.2, 0) is 0 Å². The maximum atomic E-state index is 5.88. The molecule has 0 atom stereocenters. The number of hydrogen-bond acceptors (Lipinski definition) is 6. The highest BCUT2D eigenvalue weighted by molar-refractivity contribution is 6.28. The molecule has 0 saturated carbocycles. The lowest BCUT2D eigenvalue weighted by Gasteiger charge is -2.14. The minimum absolute atomic E-state index is 0.220. The quantitative estimate of drug-likeness (QED) is 0.797. The number of likely N-dealkylation sites (tertiary alicyclic amines) is 1. The molecule has 1 aromatic rings. The predicted octanol–water partition coefficient (Wildman–Crippen LogP) is 1.85. The van der Waals surface area contributed by atoms with Crippen LogP contribution in [-0.4, -0.2) is 52.6 Å². The van der Waals surface area contributed by atoms with Crippen molar-refractivity contribution in [3.8, 4) is 0 Å². The summed E-state index contributed by atoms with van der Waals surface area (Å²) in [6.07, 6.45) is 3.63. The summed E-state index contributed by atoms with van der Waals surface area (Å²) in [6.45, 7) is 7.15. The average Bonchev–Trinajstić information content (AvgIpc) is 2.89. The van der Waals surface area contributed by atoms with Gasteiger partial charge in [-0.3, -0.25) is 0 Å². The topological polar surface area (TPSA) is 66.0 Å². The van der Waals surface area contributed by atoms with Crippen molar-refractivity contribution in [2.24, 2.45) is 0 Å². The Balaban J connectivity index is 1.82. The van der Waals surface area contributed by atoms with Crippen LogP contribution in [0.15, 0.2) is 0 Å². The molecule has 1 saturated heterocycles. The number of hydrogen-bond donors (Lipinski definition) is 2. The van der Waals surface area contributed by atoms with E-state index in [0.29, 0.717) is 11.9 Å². The van der Waals surface area contributed by atoms with Gasteiger partial charge in [0.2, 0.25) is 17.2 Å². The minimum atomic E-state index is 0.220. The molecule has 0 aromatic carbocycles. The molecule has 1 aromatic heterocycles. The Morgan fingerprint density at radius 1 is 1.05 bits per heavy atom. The van der Waals surface area contributed by atoms with E-state index >= 15 is 0 Å². The van der Waals surface area contributed by atoms with Crippen LogP contribution in [0.5, 0.6) is 0 Å². The zero-order valence-electron chi connectivity index (χ0n) is 11.3. The maximum Gasteiger partial charge on any atom is 0.228 e. The smallest absolute Gasteiger partial charge is 0.228 e. The number of aromatic nitrogens is 3. The lowest BCUT2D eigenvalue weighted by Crippen LogP contribution is -2.26. The van der Waals surface area contributed by atoms with Crippen LogP contribution in [0.1, 0.15) is 26.2 Å². The monoisotopic (exact) mass is 284 g/mol. The Morgan fingerprint density at radius 2 is 1.68 bits per heavy atom. The summed E-state index contributed by atoms with van der Waals surface area (Å²) in [5, 5.41) is 6.53. The number of nitrogens with zero attached hydrogens (tertiary/aromatic N) is 4. The summed E-state index contributed by atoms with van der Waals surface area (Å²) in [4.78, 5) is 14.8. The van der Waals surface area contributed by atoms with E-state index in [1.165, 1.54) is 25.9 Å². The molecule has 7 heteroatoms. The van der Waals surface area contributed by atoms with Gasteiger partial charge in [0.15, 0.2) is 0 Å². The summed E-state index contributed by atoms with van der Waals surface area (Å²) in [5.41, 5.74) is 0. The van der Waals surface area contributed by atoms with Gasteiger partial charge in [0.25, 0.3) is 0 Å². The van der Waals surface area contributed by atoms with E-state index in [1.807, 2.05) is 0 Å². The van der Waals surface area contributed by atoms with E-state index in [-0.39, 0.29) is 5.28 Å². The Hall–Kier alpha value is -1.14. The van der Waals surface area contributed by atoms with Gasteiger partial charge in [0, 0.05) is 19.6 Å². The number of nitrogens with one attached hydrogen (secondary N) is 2. The molecule has 19 heavy (non-hydrogen) atoms. The molecule has 2 N–H and O–H groups in total. The highest BCUT2D eigenvalue weighted by atomic mass is 35.5. The molecule has 0 bridgehead atoms. The highest BCUT2D eigenvalue weighted by Crippen LogP contribution is 2.10. The molecule has 0 unspecified atom stereocenters. The van der Waals surface area contributed by atoms with Crippen molar-refractivity contribution < 1.29 is 0 Å². The van der Waals surface area contributed by atoms with Crippen LogP contribution < -0.4 is 10.6 Å². The van der Waals surface area contributed by atoms with Gasteiger partial charge in [-0.05, 0) is 44.0 Å². The fourth-order valence-electron chi connectivity index (χ4n) is 2.08. The molecule has 106 valence electrons. The summed E-state index contributed by atoms with van der Waals surface area (Å²) in [5.74, 6) is 1.07. The van der Waals surface area contributed by atoms with Crippen LogP contribution in [0.2, 0.25) is 5.28 Å². The van der Waals surface area contributed by atoms with Crippen molar-refractivity contribution in [2.45, 2.75) is 26.2 Å². The molecular weight excluding hydrogens is 264 g/mol. The van der Waals surface area contributed by atoms with Crippen molar-refractivity contribution in [3.05, 3.63) is 5.28 Å². The van der Waals surface area contributed by atoms with Crippen molar-refractivity contribution in [2.75, 3.05) is 43.4 Å². The Morgan fingerprint density at radius 3 is 2.32 bits per heavy atom. The largest absolute Gasteiger partial charge is 0.354 e. The number of halogens is 1. The van der Waals surface area contributed by atoms with Gasteiger partial charge in [-0.1, -0.05) is 6.92 Å². The second-order valence-electron chi connectivity index (χ2n) is 4.65. The van der Waals surface area contributed by atoms with Crippen molar-refractivity contribution >= 4 is 23.5 Å². The first-order chi connectivity index (χ1) is 9.28. The molecule has 0 aliphatic carbocycles. The molecular formula is C12H21ClN6. The van der Waals surface area contributed by atoms with Gasteiger partial charge in [0.1, 0.15) is 0 Å². The molecule has 0 amide bonds. The third-order valence-electron chi connectivity index (χ3n) is 3.05. The van der Waals surface area contributed by atoms with Crippen molar-refractivity contribution in [3.63, 3.8) is 0 Å². The molecule has 6 nitrogen and oxygen atoms in total. The predicted molar refractivity (Wildman–Crippen MR) is 77.8 cm³/mol. The second kappa shape index (κ2) is 7.45. The molecule has 1 aliphatic rings. The SMILES string of the molecule is CCCNc1nc(Cl)nc(NCCN2CCCC2)n1. The number of rotatable bonds is 7. The van der Waals surface area contributed by atoms with Crippen LogP contribution in [0.25, 0.3) is 0 Å². The first-order valence-electron chi connectivity index (χ1n) is 6.89. The van der Waals surface area contributed by atoms with Gasteiger partial charge in [-0.25, -0.2) is 0 Å². The fraction of sp³-hybridized carbons (Fsp3) is 0.750. The summed E-state index contributed by atoms with van der Waals surface area (Å²) >= 11 is 5.88. The Kier molecular flexibility index (Phi) is 5.60. The van der Waals surface area contributed by atoms with Gasteiger partial charge < -0.3 is 15.5 Å². The zero-order valence-corrected chi connectivity index (χ0v) is 12.1. The first kappa shape index (κ1) is 14.3. The van der Waals surface area contributed by atoms with E-state index in [4.69, 9.17) is 11.6 Å². The van der Waals surface area contributed by atoms with Gasteiger partial charge >= 0.3 is 0 Å².